The molecule has 0 aliphatic rings. The zero-order chi connectivity index (χ0) is 12.4. The van der Waals surface area contributed by atoms with Crippen LogP contribution in [0.25, 0.3) is 0 Å². The Labute approximate surface area is 95.6 Å². The van der Waals surface area contributed by atoms with Crippen LogP contribution in [-0.2, 0) is 6.54 Å². The normalized spacial score (nSPS) is 10.5. The first-order valence-electron chi connectivity index (χ1n) is 4.84. The summed E-state index contributed by atoms with van der Waals surface area (Å²) in [5, 5.41) is 6.36. The summed E-state index contributed by atoms with van der Waals surface area (Å²) in [6.45, 7) is 1.82. The third-order valence-corrected chi connectivity index (χ3v) is 2.10. The van der Waals surface area contributed by atoms with Gasteiger partial charge in [-0.3, -0.25) is 0 Å². The summed E-state index contributed by atoms with van der Waals surface area (Å²) in [4.78, 5) is 3.93. The Bertz CT molecular complexity index is 541. The van der Waals surface area contributed by atoms with Crippen molar-refractivity contribution in [1.82, 2.24) is 10.1 Å². The standard InChI is InChI=1S/C10H10F2N4O/c1-5-15-9(16-17-5)4-14-8-3-6(11)2-7(12)10(8)13/h2-3,14H,4,13H2,1H3. The summed E-state index contributed by atoms with van der Waals surface area (Å²) < 4.78 is 30.8. The molecule has 2 aromatic rings. The number of hydrogen-bond donors (Lipinski definition) is 2. The summed E-state index contributed by atoms with van der Waals surface area (Å²) in [6.07, 6.45) is 0. The molecule has 2 rings (SSSR count). The molecule has 1 heterocycles. The van der Waals surface area contributed by atoms with Crippen molar-refractivity contribution in [2.45, 2.75) is 13.5 Å². The molecule has 0 aliphatic heterocycles. The maximum Gasteiger partial charge on any atom is 0.223 e. The first-order valence-corrected chi connectivity index (χ1v) is 4.84. The van der Waals surface area contributed by atoms with Gasteiger partial charge in [0.05, 0.1) is 17.9 Å². The highest BCUT2D eigenvalue weighted by Crippen LogP contribution is 2.23. The van der Waals surface area contributed by atoms with E-state index in [1.54, 1.807) is 6.92 Å². The highest BCUT2D eigenvalue weighted by Gasteiger charge is 2.09. The minimum Gasteiger partial charge on any atom is -0.395 e. The molecular formula is C10H10F2N4O. The maximum atomic E-state index is 13.1. The van der Waals surface area contributed by atoms with Crippen molar-refractivity contribution in [3.05, 3.63) is 35.5 Å². The molecule has 0 spiro atoms. The van der Waals surface area contributed by atoms with Gasteiger partial charge in [-0.25, -0.2) is 8.78 Å². The number of aryl methyl sites for hydroxylation is 1. The molecule has 0 saturated carbocycles. The molecular weight excluding hydrogens is 230 g/mol. The van der Waals surface area contributed by atoms with Crippen LogP contribution in [0.5, 0.6) is 0 Å². The number of halogens is 2. The average Bonchev–Trinajstić information content (AvgIpc) is 2.67. The molecule has 1 aromatic heterocycles. The highest BCUT2D eigenvalue weighted by atomic mass is 19.1. The van der Waals surface area contributed by atoms with Gasteiger partial charge in [0.15, 0.2) is 11.6 Å². The van der Waals surface area contributed by atoms with Crippen molar-refractivity contribution < 1.29 is 13.3 Å². The minimum absolute atomic E-state index is 0.147. The van der Waals surface area contributed by atoms with Crippen molar-refractivity contribution in [1.29, 1.82) is 0 Å². The predicted octanol–water partition coefficient (Wildman–Crippen LogP) is 1.85. The van der Waals surface area contributed by atoms with E-state index in [-0.39, 0.29) is 17.9 Å². The smallest absolute Gasteiger partial charge is 0.223 e. The lowest BCUT2D eigenvalue weighted by Crippen LogP contribution is -2.05. The van der Waals surface area contributed by atoms with Crippen LogP contribution in [0.4, 0.5) is 20.2 Å². The highest BCUT2D eigenvalue weighted by molar-refractivity contribution is 5.66. The lowest BCUT2D eigenvalue weighted by molar-refractivity contribution is 0.388. The van der Waals surface area contributed by atoms with Crippen LogP contribution in [-0.4, -0.2) is 10.1 Å². The van der Waals surface area contributed by atoms with Crippen LogP contribution in [0.3, 0.4) is 0 Å². The van der Waals surface area contributed by atoms with Crippen LogP contribution in [0, 0.1) is 18.6 Å². The number of aromatic nitrogens is 2. The molecule has 90 valence electrons. The van der Waals surface area contributed by atoms with Gasteiger partial charge in [-0.1, -0.05) is 5.16 Å². The fourth-order valence-electron chi connectivity index (χ4n) is 1.32. The Hall–Kier alpha value is -2.18. The summed E-state index contributed by atoms with van der Waals surface area (Å²) in [6, 6.07) is 1.82. The Morgan fingerprint density at radius 2 is 2.18 bits per heavy atom. The summed E-state index contributed by atoms with van der Waals surface area (Å²) in [5.74, 6) is -0.716. The molecule has 0 atom stereocenters. The maximum absolute atomic E-state index is 13.1. The number of rotatable bonds is 3. The van der Waals surface area contributed by atoms with Crippen LogP contribution < -0.4 is 11.1 Å². The van der Waals surface area contributed by atoms with E-state index in [0.717, 1.165) is 12.1 Å². The van der Waals surface area contributed by atoms with Crippen molar-refractivity contribution in [2.24, 2.45) is 0 Å². The van der Waals surface area contributed by atoms with E-state index in [2.05, 4.69) is 15.5 Å². The van der Waals surface area contributed by atoms with Gasteiger partial charge >= 0.3 is 0 Å². The van der Waals surface area contributed by atoms with Gasteiger partial charge in [-0.15, -0.1) is 0 Å². The monoisotopic (exact) mass is 240 g/mol. The van der Waals surface area contributed by atoms with Crippen molar-refractivity contribution in [3.63, 3.8) is 0 Å². The van der Waals surface area contributed by atoms with Crippen LogP contribution in [0.15, 0.2) is 16.7 Å². The second-order valence-corrected chi connectivity index (χ2v) is 3.43. The molecule has 17 heavy (non-hydrogen) atoms. The second kappa shape index (κ2) is 4.36. The summed E-state index contributed by atoms with van der Waals surface area (Å²) >= 11 is 0. The molecule has 0 bridgehead atoms. The first kappa shape index (κ1) is 11.3. The zero-order valence-electron chi connectivity index (χ0n) is 9.00. The average molecular weight is 240 g/mol. The van der Waals surface area contributed by atoms with Gasteiger partial charge in [0, 0.05) is 13.0 Å². The van der Waals surface area contributed by atoms with E-state index in [1.165, 1.54) is 0 Å². The van der Waals surface area contributed by atoms with E-state index in [9.17, 15) is 8.78 Å². The lowest BCUT2D eigenvalue weighted by atomic mass is 10.2. The minimum atomic E-state index is -0.809. The SMILES string of the molecule is Cc1nc(CNc2cc(F)cc(F)c2N)no1. The lowest BCUT2D eigenvalue weighted by Gasteiger charge is -2.08. The first-order chi connectivity index (χ1) is 8.06. The molecule has 0 amide bonds. The zero-order valence-corrected chi connectivity index (χ0v) is 9.00. The number of hydrogen-bond acceptors (Lipinski definition) is 5. The fraction of sp³-hybridized carbons (Fsp3) is 0.200. The Morgan fingerprint density at radius 3 is 2.82 bits per heavy atom. The third kappa shape index (κ3) is 2.49. The summed E-state index contributed by atoms with van der Waals surface area (Å²) in [7, 11) is 0. The molecule has 3 N–H and O–H groups in total. The number of nitrogens with zero attached hydrogens (tertiary/aromatic N) is 2. The molecule has 5 nitrogen and oxygen atoms in total. The second-order valence-electron chi connectivity index (χ2n) is 3.43. The van der Waals surface area contributed by atoms with Gasteiger partial charge in [0.25, 0.3) is 0 Å². The molecule has 7 heteroatoms. The largest absolute Gasteiger partial charge is 0.395 e. The van der Waals surface area contributed by atoms with E-state index < -0.39 is 11.6 Å². The van der Waals surface area contributed by atoms with E-state index in [1.807, 2.05) is 0 Å². The van der Waals surface area contributed by atoms with Gasteiger partial charge in [0.2, 0.25) is 5.89 Å². The molecule has 0 fully saturated rings. The number of nitrogens with two attached hydrogens (primary N) is 1. The van der Waals surface area contributed by atoms with Crippen molar-refractivity contribution >= 4 is 11.4 Å². The van der Waals surface area contributed by atoms with Gasteiger partial charge in [-0.05, 0) is 6.07 Å². The van der Waals surface area contributed by atoms with Crippen LogP contribution in [0.2, 0.25) is 0 Å². The number of nitrogens with one attached hydrogen (secondary N) is 1. The quantitative estimate of drug-likeness (QED) is 0.800. The van der Waals surface area contributed by atoms with Gasteiger partial charge in [0.1, 0.15) is 5.82 Å². The van der Waals surface area contributed by atoms with E-state index in [4.69, 9.17) is 10.3 Å². The number of nitrogen functional groups attached to an aromatic ring is 1. The number of anilines is 2. The van der Waals surface area contributed by atoms with E-state index >= 15 is 0 Å². The van der Waals surface area contributed by atoms with Crippen LogP contribution >= 0.6 is 0 Å². The molecule has 0 aliphatic carbocycles. The number of benzene rings is 1. The topological polar surface area (TPSA) is 77.0 Å². The Balaban J connectivity index is 2.14. The Kier molecular flexibility index (Phi) is 2.90. The molecule has 1 aromatic carbocycles. The van der Waals surface area contributed by atoms with Gasteiger partial charge < -0.3 is 15.6 Å². The van der Waals surface area contributed by atoms with E-state index in [0.29, 0.717) is 11.7 Å². The van der Waals surface area contributed by atoms with Gasteiger partial charge in [-0.2, -0.15) is 4.98 Å². The summed E-state index contributed by atoms with van der Waals surface area (Å²) in [5.41, 5.74) is 5.46. The van der Waals surface area contributed by atoms with Crippen LogP contribution in [0.1, 0.15) is 11.7 Å². The Morgan fingerprint density at radius 1 is 1.41 bits per heavy atom. The fourth-order valence-corrected chi connectivity index (χ4v) is 1.32. The third-order valence-electron chi connectivity index (χ3n) is 2.10. The molecule has 0 radical (unpaired) electrons. The molecule has 0 saturated heterocycles. The van der Waals surface area contributed by atoms with Crippen molar-refractivity contribution in [2.75, 3.05) is 11.1 Å². The molecule has 0 unspecified atom stereocenters. The van der Waals surface area contributed by atoms with Crippen molar-refractivity contribution in [3.8, 4) is 0 Å². The predicted molar refractivity (Wildman–Crippen MR) is 57.1 cm³/mol.